The number of hydrogen-bond donors (Lipinski definition) is 1. The Morgan fingerprint density at radius 1 is 1.04 bits per heavy atom. The van der Waals surface area contributed by atoms with Crippen molar-refractivity contribution in [2.75, 3.05) is 6.61 Å². The van der Waals surface area contributed by atoms with Crippen molar-refractivity contribution in [3.8, 4) is 0 Å². The maximum absolute atomic E-state index is 12.9. The van der Waals surface area contributed by atoms with E-state index in [1.165, 1.54) is 0 Å². The lowest BCUT2D eigenvalue weighted by Crippen LogP contribution is -2.43. The third-order valence-electron chi connectivity index (χ3n) is 4.65. The van der Waals surface area contributed by atoms with Gasteiger partial charge in [-0.2, -0.15) is 0 Å². The summed E-state index contributed by atoms with van der Waals surface area (Å²) < 4.78 is 5.07. The summed E-state index contributed by atoms with van der Waals surface area (Å²) in [6.45, 7) is 2.11. The van der Waals surface area contributed by atoms with Gasteiger partial charge in [-0.15, -0.1) is 0 Å². The van der Waals surface area contributed by atoms with Crippen molar-refractivity contribution >= 4 is 11.8 Å². The van der Waals surface area contributed by atoms with Crippen molar-refractivity contribution in [1.29, 1.82) is 0 Å². The highest BCUT2D eigenvalue weighted by molar-refractivity contribution is 5.87. The van der Waals surface area contributed by atoms with E-state index in [0.29, 0.717) is 13.0 Å². The normalized spacial score (nSPS) is 23.2. The summed E-state index contributed by atoms with van der Waals surface area (Å²) in [5, 5.41) is 3.59. The van der Waals surface area contributed by atoms with E-state index in [1.54, 1.807) is 6.92 Å². The molecule has 4 nitrogen and oxygen atoms in total. The SMILES string of the molecule is CCOC(=O)C[C@H]1C(=O)C[C@@H](c2ccccc2)N[C@H]1c1ccccc1. The van der Waals surface area contributed by atoms with Crippen molar-refractivity contribution < 1.29 is 14.3 Å². The van der Waals surface area contributed by atoms with Crippen molar-refractivity contribution in [2.24, 2.45) is 5.92 Å². The lowest BCUT2D eigenvalue weighted by Gasteiger charge is -2.36. The molecule has 0 radical (unpaired) electrons. The monoisotopic (exact) mass is 337 g/mol. The Balaban J connectivity index is 1.87. The number of benzene rings is 2. The van der Waals surface area contributed by atoms with Crippen LogP contribution in [0.2, 0.25) is 0 Å². The van der Waals surface area contributed by atoms with Gasteiger partial charge in [0.05, 0.1) is 13.0 Å². The highest BCUT2D eigenvalue weighted by Gasteiger charge is 2.38. The van der Waals surface area contributed by atoms with Gasteiger partial charge in [0.1, 0.15) is 5.78 Å². The minimum Gasteiger partial charge on any atom is -0.466 e. The summed E-state index contributed by atoms with van der Waals surface area (Å²) in [5.41, 5.74) is 2.11. The number of rotatable bonds is 5. The summed E-state index contributed by atoms with van der Waals surface area (Å²) in [6.07, 6.45) is 0.498. The number of ketones is 1. The number of piperidine rings is 1. The molecule has 0 bridgehead atoms. The Bertz CT molecular complexity index is 714. The molecule has 4 heteroatoms. The molecule has 1 N–H and O–H groups in total. The molecule has 3 atom stereocenters. The molecule has 3 rings (SSSR count). The molecule has 0 unspecified atom stereocenters. The standard InChI is InChI=1S/C21H23NO3/c1-2-25-20(24)13-17-19(23)14-18(15-9-5-3-6-10-15)22-21(17)16-11-7-4-8-12-16/h3-12,17-18,21-22H,2,13-14H2,1H3/t17-,18-,21-/m0/s1. The molecular formula is C21H23NO3. The molecule has 1 aliphatic rings. The molecule has 1 aliphatic heterocycles. The van der Waals surface area contributed by atoms with Crippen LogP contribution in [0.15, 0.2) is 60.7 Å². The molecule has 1 saturated heterocycles. The lowest BCUT2D eigenvalue weighted by atomic mass is 9.79. The van der Waals surface area contributed by atoms with Gasteiger partial charge in [0, 0.05) is 24.4 Å². The largest absolute Gasteiger partial charge is 0.466 e. The Labute approximate surface area is 148 Å². The van der Waals surface area contributed by atoms with E-state index < -0.39 is 5.92 Å². The smallest absolute Gasteiger partial charge is 0.306 e. The molecule has 2 aromatic rings. The highest BCUT2D eigenvalue weighted by atomic mass is 16.5. The first-order valence-electron chi connectivity index (χ1n) is 8.73. The van der Waals surface area contributed by atoms with E-state index in [4.69, 9.17) is 4.74 Å². The number of ether oxygens (including phenoxy) is 1. The molecular weight excluding hydrogens is 314 g/mol. The first kappa shape index (κ1) is 17.4. The summed E-state index contributed by atoms with van der Waals surface area (Å²) in [4.78, 5) is 24.8. The second-order valence-corrected chi connectivity index (χ2v) is 6.30. The summed E-state index contributed by atoms with van der Waals surface area (Å²) >= 11 is 0. The summed E-state index contributed by atoms with van der Waals surface area (Å²) in [6, 6.07) is 19.6. The Morgan fingerprint density at radius 2 is 1.64 bits per heavy atom. The molecule has 0 aromatic heterocycles. The third kappa shape index (κ3) is 4.15. The molecule has 0 spiro atoms. The Hall–Kier alpha value is -2.46. The summed E-state index contributed by atoms with van der Waals surface area (Å²) in [5.74, 6) is -0.613. The molecule has 25 heavy (non-hydrogen) atoms. The van der Waals surface area contributed by atoms with Gasteiger partial charge >= 0.3 is 5.97 Å². The van der Waals surface area contributed by atoms with Gasteiger partial charge in [0.2, 0.25) is 0 Å². The van der Waals surface area contributed by atoms with E-state index in [9.17, 15) is 9.59 Å². The molecule has 0 aliphatic carbocycles. The zero-order chi connectivity index (χ0) is 17.6. The van der Waals surface area contributed by atoms with Crippen LogP contribution in [0, 0.1) is 5.92 Å². The fourth-order valence-electron chi connectivity index (χ4n) is 3.45. The molecule has 1 fully saturated rings. The quantitative estimate of drug-likeness (QED) is 0.847. The van der Waals surface area contributed by atoms with Gasteiger partial charge in [0.15, 0.2) is 0 Å². The van der Waals surface area contributed by atoms with E-state index in [2.05, 4.69) is 5.32 Å². The third-order valence-corrected chi connectivity index (χ3v) is 4.65. The average molecular weight is 337 g/mol. The topological polar surface area (TPSA) is 55.4 Å². The first-order valence-corrected chi connectivity index (χ1v) is 8.73. The van der Waals surface area contributed by atoms with Gasteiger partial charge in [-0.3, -0.25) is 9.59 Å². The number of carbonyl (C=O) groups is 2. The van der Waals surface area contributed by atoms with Crippen LogP contribution >= 0.6 is 0 Å². The Kier molecular flexibility index (Phi) is 5.61. The van der Waals surface area contributed by atoms with Crippen LogP contribution in [0.4, 0.5) is 0 Å². The number of esters is 1. The minimum atomic E-state index is -0.401. The van der Waals surface area contributed by atoms with Gasteiger partial charge in [0.25, 0.3) is 0 Å². The predicted octanol–water partition coefficient (Wildman–Crippen LogP) is 3.60. The zero-order valence-corrected chi connectivity index (χ0v) is 14.4. The second-order valence-electron chi connectivity index (χ2n) is 6.30. The van der Waals surface area contributed by atoms with Crippen LogP contribution in [-0.4, -0.2) is 18.4 Å². The van der Waals surface area contributed by atoms with Gasteiger partial charge in [-0.05, 0) is 18.1 Å². The van der Waals surface area contributed by atoms with Gasteiger partial charge < -0.3 is 10.1 Å². The van der Waals surface area contributed by atoms with Crippen LogP contribution in [0.5, 0.6) is 0 Å². The minimum absolute atomic E-state index is 0.0441. The number of nitrogens with one attached hydrogen (secondary N) is 1. The van der Waals surface area contributed by atoms with E-state index in [-0.39, 0.29) is 30.3 Å². The van der Waals surface area contributed by atoms with E-state index in [0.717, 1.165) is 11.1 Å². The Morgan fingerprint density at radius 3 is 2.24 bits per heavy atom. The predicted molar refractivity (Wildman–Crippen MR) is 95.9 cm³/mol. The number of Topliss-reactive ketones (excluding diaryl/α,β-unsaturated/α-hetero) is 1. The van der Waals surface area contributed by atoms with Crippen molar-refractivity contribution in [2.45, 2.75) is 31.8 Å². The fourth-order valence-corrected chi connectivity index (χ4v) is 3.45. The van der Waals surface area contributed by atoms with Crippen LogP contribution in [0.1, 0.15) is 43.0 Å². The van der Waals surface area contributed by atoms with Crippen LogP contribution in [0.3, 0.4) is 0 Å². The van der Waals surface area contributed by atoms with Crippen molar-refractivity contribution in [3.05, 3.63) is 71.8 Å². The number of carbonyl (C=O) groups excluding carboxylic acids is 2. The van der Waals surface area contributed by atoms with Crippen molar-refractivity contribution in [3.63, 3.8) is 0 Å². The summed E-state index contributed by atoms with van der Waals surface area (Å²) in [7, 11) is 0. The van der Waals surface area contributed by atoms with E-state index >= 15 is 0 Å². The fraction of sp³-hybridized carbons (Fsp3) is 0.333. The highest BCUT2D eigenvalue weighted by Crippen LogP contribution is 2.36. The maximum atomic E-state index is 12.9. The molecule has 0 saturated carbocycles. The van der Waals surface area contributed by atoms with Crippen LogP contribution < -0.4 is 5.32 Å². The molecule has 1 heterocycles. The first-order chi connectivity index (χ1) is 12.2. The number of hydrogen-bond acceptors (Lipinski definition) is 4. The van der Waals surface area contributed by atoms with E-state index in [1.807, 2.05) is 60.7 Å². The van der Waals surface area contributed by atoms with Gasteiger partial charge in [-0.1, -0.05) is 60.7 Å². The van der Waals surface area contributed by atoms with Gasteiger partial charge in [-0.25, -0.2) is 0 Å². The second kappa shape index (κ2) is 8.08. The van der Waals surface area contributed by atoms with Crippen molar-refractivity contribution in [1.82, 2.24) is 5.32 Å². The molecule has 130 valence electrons. The zero-order valence-electron chi connectivity index (χ0n) is 14.4. The maximum Gasteiger partial charge on any atom is 0.306 e. The van der Waals surface area contributed by atoms with Crippen LogP contribution in [-0.2, 0) is 14.3 Å². The average Bonchev–Trinajstić information content (AvgIpc) is 2.65. The van der Waals surface area contributed by atoms with Crippen LogP contribution in [0.25, 0.3) is 0 Å². The lowest BCUT2D eigenvalue weighted by molar-refractivity contribution is -0.147. The molecule has 0 amide bonds. The molecule has 2 aromatic carbocycles.